The molecule has 160 valence electrons. The second-order valence-corrected chi connectivity index (χ2v) is 8.53. The molecule has 0 atom stereocenters. The van der Waals surface area contributed by atoms with Crippen LogP contribution in [0.15, 0.2) is 47.4 Å². The van der Waals surface area contributed by atoms with Crippen molar-refractivity contribution in [1.29, 1.82) is 0 Å². The van der Waals surface area contributed by atoms with E-state index in [1.807, 2.05) is 0 Å². The van der Waals surface area contributed by atoms with Crippen LogP contribution in [0.5, 0.6) is 5.75 Å². The van der Waals surface area contributed by atoms with Crippen LogP contribution < -0.4 is 15.4 Å². The van der Waals surface area contributed by atoms with Crippen LogP contribution in [0.25, 0.3) is 0 Å². The van der Waals surface area contributed by atoms with Crippen LogP contribution in [-0.2, 0) is 19.6 Å². The van der Waals surface area contributed by atoms with Crippen molar-refractivity contribution >= 4 is 33.2 Å². The predicted octanol–water partition coefficient (Wildman–Crippen LogP) is 1.93. The average molecular weight is 433 g/mol. The molecule has 0 spiro atoms. The monoisotopic (exact) mass is 433 g/mol. The number of ether oxygens (including phenoxy) is 2. The normalized spacial score (nSPS) is 14.7. The smallest absolute Gasteiger partial charge is 0.255 e. The molecular formula is C20H23N3O6S. The summed E-state index contributed by atoms with van der Waals surface area (Å²) in [6.07, 6.45) is 0. The maximum atomic E-state index is 12.7. The molecule has 3 rings (SSSR count). The highest BCUT2D eigenvalue weighted by Gasteiger charge is 2.26. The topological polar surface area (TPSA) is 114 Å². The van der Waals surface area contributed by atoms with E-state index in [2.05, 4.69) is 10.6 Å². The van der Waals surface area contributed by atoms with Crippen LogP contribution >= 0.6 is 0 Å². The van der Waals surface area contributed by atoms with Crippen LogP contribution in [0, 0.1) is 0 Å². The van der Waals surface area contributed by atoms with Crippen molar-refractivity contribution in [3.05, 3.63) is 48.0 Å². The number of nitrogens with zero attached hydrogens (tertiary/aromatic N) is 1. The van der Waals surface area contributed by atoms with Gasteiger partial charge in [-0.1, -0.05) is 0 Å². The summed E-state index contributed by atoms with van der Waals surface area (Å²) in [5.41, 5.74) is 1.16. The Morgan fingerprint density at radius 2 is 1.70 bits per heavy atom. The second kappa shape index (κ2) is 9.24. The van der Waals surface area contributed by atoms with Crippen molar-refractivity contribution in [2.45, 2.75) is 11.8 Å². The number of hydrogen-bond acceptors (Lipinski definition) is 6. The Morgan fingerprint density at radius 1 is 1.03 bits per heavy atom. The van der Waals surface area contributed by atoms with E-state index in [0.29, 0.717) is 43.4 Å². The lowest BCUT2D eigenvalue weighted by Gasteiger charge is -2.26. The first-order valence-electron chi connectivity index (χ1n) is 9.26. The van der Waals surface area contributed by atoms with Gasteiger partial charge >= 0.3 is 0 Å². The summed E-state index contributed by atoms with van der Waals surface area (Å²) in [6.45, 7) is 2.71. The van der Waals surface area contributed by atoms with E-state index >= 15 is 0 Å². The van der Waals surface area contributed by atoms with E-state index in [4.69, 9.17) is 9.47 Å². The van der Waals surface area contributed by atoms with Gasteiger partial charge in [-0.3, -0.25) is 9.59 Å². The molecule has 1 saturated heterocycles. The summed E-state index contributed by atoms with van der Waals surface area (Å²) in [7, 11) is -2.16. The molecule has 9 nitrogen and oxygen atoms in total. The summed E-state index contributed by atoms with van der Waals surface area (Å²) in [6, 6.07) is 10.6. The third-order valence-electron chi connectivity index (χ3n) is 4.49. The molecule has 1 aliphatic rings. The van der Waals surface area contributed by atoms with Crippen LogP contribution in [0.1, 0.15) is 17.3 Å². The number of sulfonamides is 1. The van der Waals surface area contributed by atoms with E-state index in [0.717, 1.165) is 0 Å². The third-order valence-corrected chi connectivity index (χ3v) is 6.41. The molecule has 2 aromatic rings. The summed E-state index contributed by atoms with van der Waals surface area (Å²) in [5, 5.41) is 5.36. The van der Waals surface area contributed by atoms with Gasteiger partial charge in [0, 0.05) is 31.3 Å². The van der Waals surface area contributed by atoms with Gasteiger partial charge in [0.25, 0.3) is 5.91 Å². The van der Waals surface area contributed by atoms with E-state index in [1.54, 1.807) is 18.2 Å². The molecule has 2 amide bonds. The standard InChI is InChI=1S/C20H23N3O6S/c1-14(24)21-16-5-8-19(28-2)18(13-16)22-20(25)15-3-6-17(7-4-15)30(26,27)23-9-11-29-12-10-23/h3-8,13H,9-12H2,1-2H3,(H,21,24)(H,22,25). The van der Waals surface area contributed by atoms with E-state index in [9.17, 15) is 18.0 Å². The highest BCUT2D eigenvalue weighted by Crippen LogP contribution is 2.28. The lowest BCUT2D eigenvalue weighted by molar-refractivity contribution is -0.114. The van der Waals surface area contributed by atoms with E-state index in [-0.39, 0.29) is 16.4 Å². The largest absolute Gasteiger partial charge is 0.495 e. The van der Waals surface area contributed by atoms with Crippen LogP contribution in [0.3, 0.4) is 0 Å². The number of morpholine rings is 1. The lowest BCUT2D eigenvalue weighted by atomic mass is 10.2. The number of carbonyl (C=O) groups excluding carboxylic acids is 2. The molecule has 2 N–H and O–H groups in total. The maximum Gasteiger partial charge on any atom is 0.255 e. The van der Waals surface area contributed by atoms with Crippen LogP contribution in [-0.4, -0.2) is 58.0 Å². The summed E-state index contributed by atoms with van der Waals surface area (Å²) in [4.78, 5) is 24.0. The average Bonchev–Trinajstić information content (AvgIpc) is 2.74. The number of nitrogens with one attached hydrogen (secondary N) is 2. The van der Waals surface area contributed by atoms with Crippen molar-refractivity contribution in [3.63, 3.8) is 0 Å². The van der Waals surface area contributed by atoms with Gasteiger partial charge in [0.2, 0.25) is 15.9 Å². The minimum Gasteiger partial charge on any atom is -0.495 e. The number of amides is 2. The van der Waals surface area contributed by atoms with Crippen molar-refractivity contribution in [2.75, 3.05) is 44.0 Å². The molecule has 30 heavy (non-hydrogen) atoms. The Labute approximate surface area is 175 Å². The Kier molecular flexibility index (Phi) is 6.70. The zero-order chi connectivity index (χ0) is 21.7. The molecule has 10 heteroatoms. The number of carbonyl (C=O) groups is 2. The summed E-state index contributed by atoms with van der Waals surface area (Å²) >= 11 is 0. The molecule has 0 radical (unpaired) electrons. The molecule has 1 aliphatic heterocycles. The van der Waals surface area contributed by atoms with Gasteiger partial charge in [0.05, 0.1) is 30.9 Å². The number of rotatable bonds is 6. The van der Waals surface area contributed by atoms with Crippen molar-refractivity contribution in [2.24, 2.45) is 0 Å². The number of methoxy groups -OCH3 is 1. The third kappa shape index (κ3) is 4.96. The fraction of sp³-hybridized carbons (Fsp3) is 0.300. The summed E-state index contributed by atoms with van der Waals surface area (Å²) in [5.74, 6) is -0.262. The molecule has 0 unspecified atom stereocenters. The Morgan fingerprint density at radius 3 is 2.30 bits per heavy atom. The van der Waals surface area contributed by atoms with Gasteiger partial charge < -0.3 is 20.1 Å². The highest BCUT2D eigenvalue weighted by molar-refractivity contribution is 7.89. The summed E-state index contributed by atoms with van der Waals surface area (Å²) < 4.78 is 37.2. The first-order valence-corrected chi connectivity index (χ1v) is 10.7. The molecule has 1 heterocycles. The highest BCUT2D eigenvalue weighted by atomic mass is 32.2. The number of hydrogen-bond donors (Lipinski definition) is 2. The molecule has 0 aromatic heterocycles. The minimum atomic E-state index is -3.63. The van der Waals surface area contributed by atoms with Gasteiger partial charge in [0.15, 0.2) is 0 Å². The number of anilines is 2. The van der Waals surface area contributed by atoms with Crippen LogP contribution in [0.2, 0.25) is 0 Å². The molecular weight excluding hydrogens is 410 g/mol. The van der Waals surface area contributed by atoms with Gasteiger partial charge in [-0.25, -0.2) is 8.42 Å². The zero-order valence-electron chi connectivity index (χ0n) is 16.7. The first-order chi connectivity index (χ1) is 14.3. The van der Waals surface area contributed by atoms with E-state index in [1.165, 1.54) is 42.6 Å². The minimum absolute atomic E-state index is 0.117. The van der Waals surface area contributed by atoms with Crippen molar-refractivity contribution in [3.8, 4) is 5.75 Å². The Bertz CT molecular complexity index is 1030. The molecule has 1 fully saturated rings. The number of benzene rings is 2. The lowest BCUT2D eigenvalue weighted by Crippen LogP contribution is -2.40. The second-order valence-electron chi connectivity index (χ2n) is 6.59. The SMILES string of the molecule is COc1ccc(NC(C)=O)cc1NC(=O)c1ccc(S(=O)(=O)N2CCOCC2)cc1. The zero-order valence-corrected chi connectivity index (χ0v) is 17.5. The molecule has 0 saturated carbocycles. The van der Waals surface area contributed by atoms with E-state index < -0.39 is 15.9 Å². The van der Waals surface area contributed by atoms with Gasteiger partial charge in [-0.2, -0.15) is 4.31 Å². The Hall–Kier alpha value is -2.95. The van der Waals surface area contributed by atoms with Crippen molar-refractivity contribution in [1.82, 2.24) is 4.31 Å². The quantitative estimate of drug-likeness (QED) is 0.720. The maximum absolute atomic E-state index is 12.7. The van der Waals surface area contributed by atoms with Crippen molar-refractivity contribution < 1.29 is 27.5 Å². The fourth-order valence-electron chi connectivity index (χ4n) is 3.00. The Balaban J connectivity index is 1.77. The molecule has 0 aliphatic carbocycles. The van der Waals surface area contributed by atoms with Gasteiger partial charge in [0.1, 0.15) is 5.75 Å². The first kappa shape index (κ1) is 21.8. The van der Waals surface area contributed by atoms with Gasteiger partial charge in [-0.15, -0.1) is 0 Å². The van der Waals surface area contributed by atoms with Gasteiger partial charge in [-0.05, 0) is 42.5 Å². The fourth-order valence-corrected chi connectivity index (χ4v) is 4.40. The molecule has 2 aromatic carbocycles. The van der Waals surface area contributed by atoms with Crippen LogP contribution in [0.4, 0.5) is 11.4 Å². The molecule has 0 bridgehead atoms. The predicted molar refractivity (Wildman–Crippen MR) is 111 cm³/mol.